The first kappa shape index (κ1) is 9.74. The Hall–Kier alpha value is -0.800. The number of nitrogens with one attached hydrogen (secondary N) is 1. The third-order valence-corrected chi connectivity index (χ3v) is 2.48. The highest BCUT2D eigenvalue weighted by molar-refractivity contribution is 6.29. The van der Waals surface area contributed by atoms with Gasteiger partial charge in [-0.1, -0.05) is 11.6 Å². The normalized spacial score (nSPS) is 21.9. The number of hydrogen-bond donors (Lipinski definition) is 1. The van der Waals surface area contributed by atoms with Gasteiger partial charge < -0.3 is 10.1 Å². The minimum atomic E-state index is 0.409. The van der Waals surface area contributed by atoms with Crippen molar-refractivity contribution in [3.05, 3.63) is 23.5 Å². The minimum Gasteiger partial charge on any atom is -0.379 e. The lowest BCUT2D eigenvalue weighted by Gasteiger charge is -2.23. The van der Waals surface area contributed by atoms with Crippen LogP contribution in [-0.2, 0) is 4.74 Å². The van der Waals surface area contributed by atoms with Crippen LogP contribution in [0, 0.1) is 0 Å². The molecule has 0 aliphatic carbocycles. The molecule has 1 aliphatic rings. The number of anilines is 1. The first-order valence-corrected chi connectivity index (χ1v) is 5.18. The topological polar surface area (TPSA) is 34.1 Å². The molecule has 1 aromatic rings. The van der Waals surface area contributed by atoms with E-state index in [1.807, 2.05) is 6.07 Å². The van der Waals surface area contributed by atoms with E-state index in [9.17, 15) is 0 Å². The molecule has 2 rings (SSSR count). The van der Waals surface area contributed by atoms with Gasteiger partial charge in [0.25, 0.3) is 0 Å². The zero-order valence-electron chi connectivity index (χ0n) is 7.87. The highest BCUT2D eigenvalue weighted by Crippen LogP contribution is 2.14. The summed E-state index contributed by atoms with van der Waals surface area (Å²) in [6, 6.07) is 4.13. The van der Waals surface area contributed by atoms with Crippen LogP contribution in [0.2, 0.25) is 5.15 Å². The quantitative estimate of drug-likeness (QED) is 0.765. The van der Waals surface area contributed by atoms with Gasteiger partial charge in [-0.15, -0.1) is 0 Å². The predicted molar refractivity (Wildman–Crippen MR) is 56.7 cm³/mol. The Morgan fingerprint density at radius 3 is 3.07 bits per heavy atom. The molecule has 1 aromatic heterocycles. The lowest BCUT2D eigenvalue weighted by molar-refractivity contribution is 0.0876. The molecule has 14 heavy (non-hydrogen) atoms. The molecule has 1 atom stereocenters. The molecule has 1 N–H and O–H groups in total. The minimum absolute atomic E-state index is 0.409. The van der Waals surface area contributed by atoms with Gasteiger partial charge in [-0.2, -0.15) is 0 Å². The SMILES string of the molecule is Clc1ccc(NC2CCCOC2)cn1. The monoisotopic (exact) mass is 212 g/mol. The van der Waals surface area contributed by atoms with Gasteiger partial charge >= 0.3 is 0 Å². The van der Waals surface area contributed by atoms with E-state index in [1.165, 1.54) is 0 Å². The van der Waals surface area contributed by atoms with Gasteiger partial charge in [0, 0.05) is 12.6 Å². The number of ether oxygens (including phenoxy) is 1. The standard InChI is InChI=1S/C10H13ClN2O/c11-10-4-3-8(6-12-10)13-9-2-1-5-14-7-9/h3-4,6,9,13H,1-2,5,7H2. The van der Waals surface area contributed by atoms with Gasteiger partial charge in [-0.3, -0.25) is 0 Å². The fourth-order valence-corrected chi connectivity index (χ4v) is 1.66. The van der Waals surface area contributed by atoms with Crippen LogP contribution >= 0.6 is 11.6 Å². The number of hydrogen-bond acceptors (Lipinski definition) is 3. The molecule has 1 saturated heterocycles. The lowest BCUT2D eigenvalue weighted by Crippen LogP contribution is -2.29. The van der Waals surface area contributed by atoms with Crippen LogP contribution in [0.15, 0.2) is 18.3 Å². The molecular weight excluding hydrogens is 200 g/mol. The van der Waals surface area contributed by atoms with E-state index in [1.54, 1.807) is 12.3 Å². The van der Waals surface area contributed by atoms with Gasteiger partial charge in [-0.25, -0.2) is 4.98 Å². The molecule has 0 saturated carbocycles. The largest absolute Gasteiger partial charge is 0.379 e. The third-order valence-electron chi connectivity index (χ3n) is 2.26. The van der Waals surface area contributed by atoms with Crippen molar-refractivity contribution in [1.82, 2.24) is 4.98 Å². The molecule has 1 fully saturated rings. The number of pyridine rings is 1. The fraction of sp³-hybridized carbons (Fsp3) is 0.500. The molecule has 4 heteroatoms. The van der Waals surface area contributed by atoms with Gasteiger partial charge in [-0.05, 0) is 25.0 Å². The van der Waals surface area contributed by atoms with Gasteiger partial charge in [0.1, 0.15) is 5.15 Å². The zero-order chi connectivity index (χ0) is 9.80. The molecule has 1 unspecified atom stereocenters. The highest BCUT2D eigenvalue weighted by Gasteiger charge is 2.12. The van der Waals surface area contributed by atoms with Crippen molar-refractivity contribution in [2.24, 2.45) is 0 Å². The summed E-state index contributed by atoms with van der Waals surface area (Å²) >= 11 is 5.69. The second kappa shape index (κ2) is 4.62. The van der Waals surface area contributed by atoms with Crippen LogP contribution in [0.1, 0.15) is 12.8 Å². The fourth-order valence-electron chi connectivity index (χ4n) is 1.55. The smallest absolute Gasteiger partial charge is 0.129 e. The van der Waals surface area contributed by atoms with Crippen molar-refractivity contribution in [2.45, 2.75) is 18.9 Å². The Labute approximate surface area is 88.4 Å². The molecule has 0 amide bonds. The summed E-state index contributed by atoms with van der Waals surface area (Å²) in [5.41, 5.74) is 1.00. The summed E-state index contributed by atoms with van der Waals surface area (Å²) in [4.78, 5) is 4.01. The molecule has 0 bridgehead atoms. The molecule has 0 aromatic carbocycles. The second-order valence-corrected chi connectivity index (χ2v) is 3.82. The van der Waals surface area contributed by atoms with Crippen LogP contribution in [0.25, 0.3) is 0 Å². The van der Waals surface area contributed by atoms with Crippen LogP contribution < -0.4 is 5.32 Å². The molecule has 2 heterocycles. The maximum Gasteiger partial charge on any atom is 0.129 e. The van der Waals surface area contributed by atoms with Crippen molar-refractivity contribution < 1.29 is 4.74 Å². The molecule has 3 nitrogen and oxygen atoms in total. The second-order valence-electron chi connectivity index (χ2n) is 3.43. The first-order chi connectivity index (χ1) is 6.84. The summed E-state index contributed by atoms with van der Waals surface area (Å²) in [5, 5.41) is 3.89. The van der Waals surface area contributed by atoms with E-state index < -0.39 is 0 Å². The van der Waals surface area contributed by atoms with E-state index in [2.05, 4.69) is 10.3 Å². The van der Waals surface area contributed by atoms with E-state index in [0.717, 1.165) is 31.7 Å². The number of halogens is 1. The number of nitrogens with zero attached hydrogens (tertiary/aromatic N) is 1. The number of aromatic nitrogens is 1. The summed E-state index contributed by atoms with van der Waals surface area (Å²) in [6.45, 7) is 1.67. The molecule has 0 radical (unpaired) electrons. The summed E-state index contributed by atoms with van der Waals surface area (Å²) in [5.74, 6) is 0. The number of rotatable bonds is 2. The van der Waals surface area contributed by atoms with E-state index >= 15 is 0 Å². The Bertz CT molecular complexity index is 283. The van der Waals surface area contributed by atoms with Gasteiger partial charge in [0.15, 0.2) is 0 Å². The van der Waals surface area contributed by atoms with E-state index in [-0.39, 0.29) is 0 Å². The van der Waals surface area contributed by atoms with Crippen molar-refractivity contribution in [1.29, 1.82) is 0 Å². The van der Waals surface area contributed by atoms with Crippen LogP contribution in [0.3, 0.4) is 0 Å². The Balaban J connectivity index is 1.92. The lowest BCUT2D eigenvalue weighted by atomic mass is 10.1. The van der Waals surface area contributed by atoms with Crippen LogP contribution in [-0.4, -0.2) is 24.2 Å². The Morgan fingerprint density at radius 1 is 1.50 bits per heavy atom. The molecule has 1 aliphatic heterocycles. The van der Waals surface area contributed by atoms with Crippen molar-refractivity contribution in [3.63, 3.8) is 0 Å². The molecule has 76 valence electrons. The summed E-state index contributed by atoms with van der Waals surface area (Å²) in [7, 11) is 0. The first-order valence-electron chi connectivity index (χ1n) is 4.80. The summed E-state index contributed by atoms with van der Waals surface area (Å²) < 4.78 is 5.37. The van der Waals surface area contributed by atoms with Crippen molar-refractivity contribution >= 4 is 17.3 Å². The highest BCUT2D eigenvalue weighted by atomic mass is 35.5. The Kier molecular flexibility index (Phi) is 3.22. The maximum absolute atomic E-state index is 5.69. The van der Waals surface area contributed by atoms with Gasteiger partial charge in [0.2, 0.25) is 0 Å². The third kappa shape index (κ3) is 2.59. The average Bonchev–Trinajstić information content (AvgIpc) is 2.23. The summed E-state index contributed by atoms with van der Waals surface area (Å²) in [6.07, 6.45) is 4.03. The van der Waals surface area contributed by atoms with Crippen LogP contribution in [0.4, 0.5) is 5.69 Å². The van der Waals surface area contributed by atoms with Crippen molar-refractivity contribution in [2.75, 3.05) is 18.5 Å². The molecular formula is C10H13ClN2O. The Morgan fingerprint density at radius 2 is 2.43 bits per heavy atom. The van der Waals surface area contributed by atoms with Gasteiger partial charge in [0.05, 0.1) is 18.5 Å². The molecule has 0 spiro atoms. The van der Waals surface area contributed by atoms with Crippen molar-refractivity contribution in [3.8, 4) is 0 Å². The van der Waals surface area contributed by atoms with Crippen LogP contribution in [0.5, 0.6) is 0 Å². The van der Waals surface area contributed by atoms with E-state index in [4.69, 9.17) is 16.3 Å². The zero-order valence-corrected chi connectivity index (χ0v) is 8.63. The predicted octanol–water partition coefficient (Wildman–Crippen LogP) is 2.33. The average molecular weight is 213 g/mol. The van der Waals surface area contributed by atoms with E-state index in [0.29, 0.717) is 11.2 Å². The maximum atomic E-state index is 5.69.